The van der Waals surface area contributed by atoms with E-state index in [-0.39, 0.29) is 29.6 Å². The molecule has 0 atom stereocenters. The van der Waals surface area contributed by atoms with E-state index in [0.717, 1.165) is 16.7 Å². The number of carbonyl (C=O) groups excluding carboxylic acids is 2. The molecule has 0 spiro atoms. The number of ether oxygens (including phenoxy) is 1. The van der Waals surface area contributed by atoms with Crippen LogP contribution >= 0.6 is 11.6 Å². The van der Waals surface area contributed by atoms with Crippen LogP contribution in [0.25, 0.3) is 5.57 Å². The number of halogens is 1. The topological polar surface area (TPSA) is 58.6 Å². The number of nitrogens with zero attached hydrogens (tertiary/aromatic N) is 1. The first-order chi connectivity index (χ1) is 15.4. The molecular weight excluding hydrogens is 424 g/mol. The molecule has 0 bridgehead atoms. The molecule has 0 unspecified atom stereocenters. The molecule has 1 aliphatic heterocycles. The SMILES string of the molecule is COc1ccccc1C1=C(Nc2ccc(Cl)cc2C)C(=O)N(Cc2ccc(C)cc2)C1=O. The molecule has 1 aliphatic rings. The summed E-state index contributed by atoms with van der Waals surface area (Å²) in [5.74, 6) is -0.229. The first-order valence-electron chi connectivity index (χ1n) is 10.2. The highest BCUT2D eigenvalue weighted by Crippen LogP contribution is 2.36. The Morgan fingerprint density at radius 3 is 2.34 bits per heavy atom. The fourth-order valence-corrected chi connectivity index (χ4v) is 3.94. The molecule has 1 heterocycles. The van der Waals surface area contributed by atoms with Gasteiger partial charge in [0.15, 0.2) is 0 Å². The van der Waals surface area contributed by atoms with Gasteiger partial charge in [0.1, 0.15) is 11.4 Å². The van der Waals surface area contributed by atoms with Crippen molar-refractivity contribution in [1.29, 1.82) is 0 Å². The van der Waals surface area contributed by atoms with Gasteiger partial charge in [-0.05, 0) is 49.2 Å². The van der Waals surface area contributed by atoms with Crippen LogP contribution in [-0.2, 0) is 16.1 Å². The number of para-hydroxylation sites is 1. The summed E-state index contributed by atoms with van der Waals surface area (Å²) in [6, 6.07) is 20.3. The third-order valence-corrected chi connectivity index (χ3v) is 5.69. The Bertz CT molecular complexity index is 1230. The van der Waals surface area contributed by atoms with Crippen LogP contribution in [0.4, 0.5) is 5.69 Å². The number of nitrogens with one attached hydrogen (secondary N) is 1. The van der Waals surface area contributed by atoms with E-state index in [1.54, 1.807) is 37.4 Å². The molecular formula is C26H23ClN2O3. The highest BCUT2D eigenvalue weighted by atomic mass is 35.5. The summed E-state index contributed by atoms with van der Waals surface area (Å²) in [7, 11) is 1.54. The normalized spacial score (nSPS) is 13.7. The Labute approximate surface area is 192 Å². The maximum atomic E-state index is 13.5. The van der Waals surface area contributed by atoms with Crippen molar-refractivity contribution in [2.45, 2.75) is 20.4 Å². The standard InChI is InChI=1S/C26H23ClN2O3/c1-16-8-10-18(11-9-16)15-29-25(30)23(20-6-4-5-7-22(20)32-3)24(26(29)31)28-21-13-12-19(27)14-17(21)2/h4-14,28H,15H2,1-3H3. The minimum atomic E-state index is -0.383. The molecule has 0 aromatic heterocycles. The lowest BCUT2D eigenvalue weighted by molar-refractivity contribution is -0.137. The average Bonchev–Trinajstić information content (AvgIpc) is 3.01. The minimum Gasteiger partial charge on any atom is -0.496 e. The molecule has 0 saturated heterocycles. The van der Waals surface area contributed by atoms with Gasteiger partial charge in [-0.2, -0.15) is 0 Å². The van der Waals surface area contributed by atoms with Crippen molar-refractivity contribution < 1.29 is 14.3 Å². The van der Waals surface area contributed by atoms with Crippen LogP contribution in [0, 0.1) is 13.8 Å². The molecule has 0 aliphatic carbocycles. The fraction of sp³-hybridized carbons (Fsp3) is 0.154. The minimum absolute atomic E-state index is 0.182. The third kappa shape index (κ3) is 4.12. The van der Waals surface area contributed by atoms with Gasteiger partial charge in [-0.15, -0.1) is 0 Å². The summed E-state index contributed by atoms with van der Waals surface area (Å²) in [5, 5.41) is 3.79. The van der Waals surface area contributed by atoms with Gasteiger partial charge in [-0.3, -0.25) is 14.5 Å². The van der Waals surface area contributed by atoms with Crippen LogP contribution in [0.2, 0.25) is 5.02 Å². The number of hydrogen-bond donors (Lipinski definition) is 1. The molecule has 3 aromatic carbocycles. The molecule has 3 aromatic rings. The van der Waals surface area contributed by atoms with E-state index in [9.17, 15) is 9.59 Å². The Morgan fingerprint density at radius 2 is 1.66 bits per heavy atom. The zero-order valence-corrected chi connectivity index (χ0v) is 18.9. The van der Waals surface area contributed by atoms with E-state index in [4.69, 9.17) is 16.3 Å². The zero-order chi connectivity index (χ0) is 22.8. The van der Waals surface area contributed by atoms with Crippen molar-refractivity contribution in [2.75, 3.05) is 12.4 Å². The molecule has 162 valence electrons. The van der Waals surface area contributed by atoms with Crippen LogP contribution in [0.1, 0.15) is 22.3 Å². The molecule has 0 fully saturated rings. The number of carbonyl (C=O) groups is 2. The summed E-state index contributed by atoms with van der Waals surface area (Å²) >= 11 is 6.09. The third-order valence-electron chi connectivity index (χ3n) is 5.45. The number of hydrogen-bond acceptors (Lipinski definition) is 4. The lowest BCUT2D eigenvalue weighted by Crippen LogP contribution is -2.32. The quantitative estimate of drug-likeness (QED) is 0.518. The van der Waals surface area contributed by atoms with Crippen LogP contribution in [0.3, 0.4) is 0 Å². The van der Waals surface area contributed by atoms with Crippen molar-refractivity contribution in [2.24, 2.45) is 0 Å². The van der Waals surface area contributed by atoms with Crippen LogP contribution in [0.15, 0.2) is 72.4 Å². The van der Waals surface area contributed by atoms with E-state index >= 15 is 0 Å². The summed E-state index contributed by atoms with van der Waals surface area (Å²) in [6.45, 7) is 4.07. The average molecular weight is 447 g/mol. The van der Waals surface area contributed by atoms with E-state index in [1.165, 1.54) is 4.90 Å². The zero-order valence-electron chi connectivity index (χ0n) is 18.1. The predicted molar refractivity (Wildman–Crippen MR) is 126 cm³/mol. The van der Waals surface area contributed by atoms with E-state index in [1.807, 2.05) is 50.2 Å². The van der Waals surface area contributed by atoms with Crippen LogP contribution in [-0.4, -0.2) is 23.8 Å². The lowest BCUT2D eigenvalue weighted by Gasteiger charge is -2.16. The Morgan fingerprint density at radius 1 is 0.938 bits per heavy atom. The van der Waals surface area contributed by atoms with Gasteiger partial charge >= 0.3 is 0 Å². The molecule has 1 N–H and O–H groups in total. The first kappa shape index (κ1) is 21.7. The molecule has 0 radical (unpaired) electrons. The van der Waals surface area contributed by atoms with Gasteiger partial charge in [0.05, 0.1) is 19.2 Å². The molecule has 4 rings (SSSR count). The van der Waals surface area contributed by atoms with Crippen molar-refractivity contribution in [1.82, 2.24) is 4.90 Å². The Balaban J connectivity index is 1.79. The first-order valence-corrected chi connectivity index (χ1v) is 10.6. The summed E-state index contributed by atoms with van der Waals surface area (Å²) < 4.78 is 5.48. The molecule has 6 heteroatoms. The van der Waals surface area contributed by atoms with Crippen molar-refractivity contribution in [3.63, 3.8) is 0 Å². The molecule has 2 amide bonds. The maximum Gasteiger partial charge on any atom is 0.278 e. The van der Waals surface area contributed by atoms with Crippen LogP contribution in [0.5, 0.6) is 5.75 Å². The molecule has 5 nitrogen and oxygen atoms in total. The van der Waals surface area contributed by atoms with Crippen molar-refractivity contribution in [3.8, 4) is 5.75 Å². The second-order valence-corrected chi connectivity index (χ2v) is 8.15. The van der Waals surface area contributed by atoms with E-state index in [0.29, 0.717) is 22.0 Å². The highest BCUT2D eigenvalue weighted by molar-refractivity contribution is 6.37. The van der Waals surface area contributed by atoms with Gasteiger partial charge in [0.25, 0.3) is 11.8 Å². The number of amides is 2. The van der Waals surface area contributed by atoms with Crippen molar-refractivity contribution in [3.05, 3.63) is 99.7 Å². The number of methoxy groups -OCH3 is 1. The number of imide groups is 1. The number of anilines is 1. The fourth-order valence-electron chi connectivity index (χ4n) is 3.71. The van der Waals surface area contributed by atoms with E-state index in [2.05, 4.69) is 5.32 Å². The van der Waals surface area contributed by atoms with Gasteiger partial charge < -0.3 is 10.1 Å². The largest absolute Gasteiger partial charge is 0.496 e. The smallest absolute Gasteiger partial charge is 0.278 e. The molecule has 32 heavy (non-hydrogen) atoms. The summed E-state index contributed by atoms with van der Waals surface area (Å²) in [5.41, 5.74) is 4.62. The van der Waals surface area contributed by atoms with Gasteiger partial charge in [0, 0.05) is 16.3 Å². The molecule has 0 saturated carbocycles. The van der Waals surface area contributed by atoms with Crippen molar-refractivity contribution >= 4 is 34.7 Å². The summed E-state index contributed by atoms with van der Waals surface area (Å²) in [4.78, 5) is 28.3. The summed E-state index contributed by atoms with van der Waals surface area (Å²) in [6.07, 6.45) is 0. The number of rotatable bonds is 6. The van der Waals surface area contributed by atoms with Gasteiger partial charge in [-0.25, -0.2) is 0 Å². The second-order valence-electron chi connectivity index (χ2n) is 7.72. The number of benzene rings is 3. The van der Waals surface area contributed by atoms with E-state index < -0.39 is 0 Å². The monoisotopic (exact) mass is 446 g/mol. The van der Waals surface area contributed by atoms with Gasteiger partial charge in [0.2, 0.25) is 0 Å². The highest BCUT2D eigenvalue weighted by Gasteiger charge is 2.40. The van der Waals surface area contributed by atoms with Crippen LogP contribution < -0.4 is 10.1 Å². The maximum absolute atomic E-state index is 13.5. The van der Waals surface area contributed by atoms with Gasteiger partial charge in [-0.1, -0.05) is 59.6 Å². The second kappa shape index (κ2) is 8.89. The predicted octanol–water partition coefficient (Wildman–Crippen LogP) is 5.36. The lowest BCUT2D eigenvalue weighted by atomic mass is 10.0. The Hall–Kier alpha value is -3.57. The Kier molecular flexibility index (Phi) is 6.01. The number of aryl methyl sites for hydroxylation is 2.